The second-order valence-electron chi connectivity index (χ2n) is 3.52. The van der Waals surface area contributed by atoms with E-state index >= 15 is 0 Å². The molecular weight excluding hydrogens is 350 g/mol. The summed E-state index contributed by atoms with van der Waals surface area (Å²) >= 11 is 1.96. The lowest BCUT2D eigenvalue weighted by atomic mass is 10.1. The first-order chi connectivity index (χ1) is 8.63. The molecule has 1 aromatic carbocycles. The smallest absolute Gasteiger partial charge is 0.238 e. The van der Waals surface area contributed by atoms with Gasteiger partial charge < -0.3 is 9.84 Å². The van der Waals surface area contributed by atoms with E-state index < -0.39 is 6.10 Å². The Balaban J connectivity index is 2.44. The largest absolute Gasteiger partial charge is 0.480 e. The number of aliphatic hydroxyl groups excluding tert-OH is 1. The van der Waals surface area contributed by atoms with Crippen LogP contribution in [0.3, 0.4) is 0 Å². The Morgan fingerprint density at radius 2 is 2.06 bits per heavy atom. The van der Waals surface area contributed by atoms with Crippen molar-refractivity contribution in [3.8, 4) is 5.88 Å². The van der Waals surface area contributed by atoms with Crippen molar-refractivity contribution in [1.29, 1.82) is 0 Å². The Hall–Kier alpha value is -1.28. The molecule has 0 radical (unpaired) electrons. The quantitative estimate of drug-likeness (QED) is 0.854. The molecule has 0 aliphatic carbocycles. The molecule has 0 aliphatic heterocycles. The van der Waals surface area contributed by atoms with Crippen LogP contribution in [-0.2, 0) is 0 Å². The van der Waals surface area contributed by atoms with Gasteiger partial charge in [-0.1, -0.05) is 6.07 Å². The molecule has 6 heteroatoms. The van der Waals surface area contributed by atoms with E-state index in [9.17, 15) is 9.50 Å². The van der Waals surface area contributed by atoms with Crippen molar-refractivity contribution in [2.24, 2.45) is 0 Å². The van der Waals surface area contributed by atoms with Crippen molar-refractivity contribution in [3.63, 3.8) is 0 Å². The molecule has 0 spiro atoms. The zero-order valence-electron chi connectivity index (χ0n) is 9.47. The minimum Gasteiger partial charge on any atom is -0.480 e. The fourth-order valence-corrected chi connectivity index (χ4v) is 2.32. The molecule has 4 nitrogen and oxygen atoms in total. The molecule has 0 saturated heterocycles. The number of nitrogens with zero attached hydrogens (tertiary/aromatic N) is 2. The third kappa shape index (κ3) is 2.59. The summed E-state index contributed by atoms with van der Waals surface area (Å²) in [4.78, 5) is 8.02. The molecule has 0 amide bonds. The lowest BCUT2D eigenvalue weighted by Gasteiger charge is -2.14. The normalized spacial score (nSPS) is 12.2. The number of aliphatic hydroxyl groups is 1. The predicted molar refractivity (Wildman–Crippen MR) is 71.8 cm³/mol. The maximum Gasteiger partial charge on any atom is 0.238 e. The van der Waals surface area contributed by atoms with Gasteiger partial charge in [0.05, 0.1) is 7.11 Å². The minimum atomic E-state index is -0.999. The molecule has 2 aromatic rings. The topological polar surface area (TPSA) is 55.2 Å². The molecule has 18 heavy (non-hydrogen) atoms. The summed E-state index contributed by atoms with van der Waals surface area (Å²) in [7, 11) is 1.45. The second kappa shape index (κ2) is 5.57. The van der Waals surface area contributed by atoms with Gasteiger partial charge in [-0.25, -0.2) is 9.37 Å². The number of hydrogen-bond acceptors (Lipinski definition) is 4. The zero-order valence-corrected chi connectivity index (χ0v) is 11.6. The van der Waals surface area contributed by atoms with Crippen molar-refractivity contribution >= 4 is 22.6 Å². The van der Waals surface area contributed by atoms with E-state index in [0.29, 0.717) is 14.8 Å². The monoisotopic (exact) mass is 360 g/mol. The average molecular weight is 360 g/mol. The van der Waals surface area contributed by atoms with Crippen LogP contribution in [0.1, 0.15) is 17.4 Å². The van der Waals surface area contributed by atoms with E-state index in [1.165, 1.54) is 37.7 Å². The van der Waals surface area contributed by atoms with Crippen LogP contribution in [0.5, 0.6) is 5.88 Å². The third-order valence-electron chi connectivity index (χ3n) is 2.40. The number of aromatic nitrogens is 2. The zero-order chi connectivity index (χ0) is 13.1. The SMILES string of the molecule is COc1nccnc1C(O)c1ccc(F)cc1I. The van der Waals surface area contributed by atoms with E-state index in [2.05, 4.69) is 9.97 Å². The molecule has 1 aromatic heterocycles. The van der Waals surface area contributed by atoms with Gasteiger partial charge in [0.25, 0.3) is 0 Å². The van der Waals surface area contributed by atoms with Crippen molar-refractivity contribution in [3.05, 3.63) is 51.2 Å². The highest BCUT2D eigenvalue weighted by molar-refractivity contribution is 14.1. The van der Waals surface area contributed by atoms with Crippen LogP contribution in [0.15, 0.2) is 30.6 Å². The van der Waals surface area contributed by atoms with Crippen LogP contribution in [0.25, 0.3) is 0 Å². The number of benzene rings is 1. The Labute approximate surface area is 117 Å². The van der Waals surface area contributed by atoms with Gasteiger partial charge in [-0.2, -0.15) is 0 Å². The summed E-state index contributed by atoms with van der Waals surface area (Å²) in [5.74, 6) is -0.0911. The number of hydrogen-bond donors (Lipinski definition) is 1. The van der Waals surface area contributed by atoms with Crippen molar-refractivity contribution in [1.82, 2.24) is 9.97 Å². The molecule has 1 unspecified atom stereocenters. The van der Waals surface area contributed by atoms with E-state index in [0.717, 1.165) is 0 Å². The number of methoxy groups -OCH3 is 1. The summed E-state index contributed by atoms with van der Waals surface area (Å²) < 4.78 is 18.7. The summed E-state index contributed by atoms with van der Waals surface area (Å²) in [6.07, 6.45) is 1.95. The first-order valence-corrected chi connectivity index (χ1v) is 6.19. The van der Waals surface area contributed by atoms with Gasteiger partial charge in [-0.3, -0.25) is 4.98 Å². The van der Waals surface area contributed by atoms with Crippen LogP contribution in [-0.4, -0.2) is 22.2 Å². The Bertz CT molecular complexity index is 566. The van der Waals surface area contributed by atoms with Gasteiger partial charge in [-0.15, -0.1) is 0 Å². The molecule has 0 bridgehead atoms. The predicted octanol–water partition coefficient (Wildman–Crippen LogP) is 2.31. The highest BCUT2D eigenvalue weighted by Gasteiger charge is 2.20. The van der Waals surface area contributed by atoms with Crippen LogP contribution < -0.4 is 4.74 Å². The van der Waals surface area contributed by atoms with Gasteiger partial charge >= 0.3 is 0 Å². The van der Waals surface area contributed by atoms with E-state index in [1.807, 2.05) is 22.6 Å². The van der Waals surface area contributed by atoms with Crippen LogP contribution in [0.4, 0.5) is 4.39 Å². The minimum absolute atomic E-state index is 0.255. The third-order valence-corrected chi connectivity index (χ3v) is 3.33. The molecule has 1 heterocycles. The van der Waals surface area contributed by atoms with Crippen molar-refractivity contribution in [2.45, 2.75) is 6.10 Å². The highest BCUT2D eigenvalue weighted by atomic mass is 127. The highest BCUT2D eigenvalue weighted by Crippen LogP contribution is 2.29. The summed E-state index contributed by atoms with van der Waals surface area (Å²) in [6.45, 7) is 0. The number of rotatable bonds is 3. The van der Waals surface area contributed by atoms with Crippen molar-refractivity contribution in [2.75, 3.05) is 7.11 Å². The second-order valence-corrected chi connectivity index (χ2v) is 4.68. The van der Waals surface area contributed by atoms with Crippen molar-refractivity contribution < 1.29 is 14.2 Å². The molecule has 0 fully saturated rings. The molecule has 0 saturated carbocycles. The average Bonchev–Trinajstić information content (AvgIpc) is 2.38. The summed E-state index contributed by atoms with van der Waals surface area (Å²) in [6, 6.07) is 4.17. The van der Waals surface area contributed by atoms with Gasteiger partial charge in [0.2, 0.25) is 5.88 Å². The maximum absolute atomic E-state index is 13.0. The molecule has 0 aliphatic rings. The lowest BCUT2D eigenvalue weighted by molar-refractivity contribution is 0.206. The van der Waals surface area contributed by atoms with Crippen LogP contribution in [0.2, 0.25) is 0 Å². The van der Waals surface area contributed by atoms with Gasteiger partial charge in [0.1, 0.15) is 17.6 Å². The molecule has 94 valence electrons. The maximum atomic E-state index is 13.0. The Morgan fingerprint density at radius 1 is 1.33 bits per heavy atom. The van der Waals surface area contributed by atoms with Gasteiger partial charge in [0, 0.05) is 21.5 Å². The van der Waals surface area contributed by atoms with E-state index in [4.69, 9.17) is 4.74 Å². The van der Waals surface area contributed by atoms with Gasteiger partial charge in [-0.05, 0) is 34.7 Å². The molecule has 1 N–H and O–H groups in total. The van der Waals surface area contributed by atoms with E-state index in [-0.39, 0.29) is 11.7 Å². The number of ether oxygens (including phenoxy) is 1. The first kappa shape index (κ1) is 13.2. The number of halogens is 2. The Morgan fingerprint density at radius 3 is 2.72 bits per heavy atom. The summed E-state index contributed by atoms with van der Waals surface area (Å²) in [5.41, 5.74) is 0.875. The van der Waals surface area contributed by atoms with Gasteiger partial charge in [0.15, 0.2) is 0 Å². The molecule has 2 rings (SSSR count). The van der Waals surface area contributed by atoms with Crippen LogP contribution >= 0.6 is 22.6 Å². The van der Waals surface area contributed by atoms with E-state index in [1.54, 1.807) is 0 Å². The van der Waals surface area contributed by atoms with Crippen LogP contribution in [0, 0.1) is 9.39 Å². The molecule has 1 atom stereocenters. The lowest BCUT2D eigenvalue weighted by Crippen LogP contribution is -2.07. The molecular formula is C12H10FIN2O2. The fraction of sp³-hybridized carbons (Fsp3) is 0.167. The summed E-state index contributed by atoms with van der Waals surface area (Å²) in [5, 5.41) is 10.3. The standard InChI is InChI=1S/C12H10FIN2O2/c1-18-12-10(15-4-5-16-12)11(17)8-3-2-7(13)6-9(8)14/h2-6,11,17H,1H3. The Kier molecular flexibility index (Phi) is 4.07. The first-order valence-electron chi connectivity index (χ1n) is 5.11. The fourth-order valence-electron chi connectivity index (χ4n) is 1.55.